The summed E-state index contributed by atoms with van der Waals surface area (Å²) in [5, 5.41) is 0. The molecule has 0 saturated heterocycles. The van der Waals surface area contributed by atoms with E-state index < -0.39 is 0 Å². The first-order chi connectivity index (χ1) is 7.88. The van der Waals surface area contributed by atoms with Crippen LogP contribution >= 0.6 is 0 Å². The van der Waals surface area contributed by atoms with Gasteiger partial charge in [-0.1, -0.05) is 87.9 Å². The summed E-state index contributed by atoms with van der Waals surface area (Å²) >= 11 is 0. The second-order valence-corrected chi connectivity index (χ2v) is 4.45. The van der Waals surface area contributed by atoms with Gasteiger partial charge in [-0.2, -0.15) is 0 Å². The molecule has 0 fully saturated rings. The lowest BCUT2D eigenvalue weighted by molar-refractivity contribution is 0.981. The minimum atomic E-state index is 0.604. The van der Waals surface area contributed by atoms with E-state index in [1.807, 2.05) is 0 Å². The number of hydrogen-bond donors (Lipinski definition) is 0. The maximum Gasteiger partial charge on any atom is 0.152 e. The molecule has 16 heavy (non-hydrogen) atoms. The molecule has 0 aromatic carbocycles. The van der Waals surface area contributed by atoms with Crippen LogP contribution in [0.4, 0.5) is 0 Å². The van der Waals surface area contributed by atoms with Crippen molar-refractivity contribution in [3.8, 4) is 0 Å². The van der Waals surface area contributed by atoms with Crippen molar-refractivity contribution < 1.29 is 0 Å². The largest absolute Gasteiger partial charge is 0.152 e. The Hall–Kier alpha value is -0.975. The van der Waals surface area contributed by atoms with E-state index in [1.54, 1.807) is 0 Å². The van der Waals surface area contributed by atoms with Crippen LogP contribution in [-0.4, -0.2) is 6.71 Å². The molecule has 0 unspecified atom stereocenters. The van der Waals surface area contributed by atoms with Gasteiger partial charge in [-0.15, -0.1) is 0 Å². The molecule has 86 valence electrons. The maximum atomic E-state index is 2.34. The van der Waals surface area contributed by atoms with Crippen molar-refractivity contribution >= 4 is 6.71 Å². The van der Waals surface area contributed by atoms with Gasteiger partial charge >= 0.3 is 0 Å². The van der Waals surface area contributed by atoms with Gasteiger partial charge in [0.05, 0.1) is 0 Å². The Morgan fingerprint density at radius 1 is 0.750 bits per heavy atom. The Labute approximate surface area is 101 Å². The normalized spacial score (nSPS) is 23.9. The lowest BCUT2D eigenvalue weighted by atomic mass is 9.36. The van der Waals surface area contributed by atoms with E-state index in [0.717, 1.165) is 6.71 Å². The predicted molar refractivity (Wildman–Crippen MR) is 76.3 cm³/mol. The molecule has 1 heteroatoms. The van der Waals surface area contributed by atoms with Crippen LogP contribution in [0.5, 0.6) is 0 Å². The Kier molecular flexibility index (Phi) is 6.72. The van der Waals surface area contributed by atoms with E-state index >= 15 is 0 Å². The molecule has 0 bridgehead atoms. The Bertz CT molecular complexity index is 256. The van der Waals surface area contributed by atoms with Gasteiger partial charge in [-0.3, -0.25) is 0 Å². The molecule has 0 N–H and O–H groups in total. The molecule has 0 aromatic rings. The lowest BCUT2D eigenvalue weighted by Crippen LogP contribution is -2.17. The quantitative estimate of drug-likeness (QED) is 0.570. The topological polar surface area (TPSA) is 0 Å². The lowest BCUT2D eigenvalue weighted by Gasteiger charge is -2.17. The van der Waals surface area contributed by atoms with Crippen LogP contribution in [0.2, 0.25) is 18.5 Å². The molecule has 0 aromatic heterocycles. The summed E-state index contributed by atoms with van der Waals surface area (Å²) in [7, 11) is 0. The molecule has 0 saturated carbocycles. The SMILES string of the molecule is CCCB(CCC)C1\C=C/C=C\C=C/C=C\1. The standard InChI is InChI=1S/C15H23B/c1-3-13-16(14-4-2)15-11-9-7-5-6-8-10-12-15/h5-12,15H,3-4,13-14H2,1-2H3/b7-5-,8-6-,11-9-,12-10-. The number of rotatable bonds is 5. The van der Waals surface area contributed by atoms with Crippen LogP contribution in [0.25, 0.3) is 0 Å². The minimum Gasteiger partial charge on any atom is -0.0849 e. The minimum absolute atomic E-state index is 0.604. The van der Waals surface area contributed by atoms with Gasteiger partial charge < -0.3 is 0 Å². The molecule has 0 amide bonds. The van der Waals surface area contributed by atoms with Gasteiger partial charge in [-0.05, 0) is 5.82 Å². The van der Waals surface area contributed by atoms with Crippen molar-refractivity contribution in [3.63, 3.8) is 0 Å². The summed E-state index contributed by atoms with van der Waals surface area (Å²) in [5.41, 5.74) is 0. The fourth-order valence-corrected chi connectivity index (χ4v) is 2.29. The van der Waals surface area contributed by atoms with Crippen LogP contribution < -0.4 is 0 Å². The van der Waals surface area contributed by atoms with Gasteiger partial charge in [0.1, 0.15) is 0 Å². The monoisotopic (exact) mass is 214 g/mol. The molecule has 1 rings (SSSR count). The highest BCUT2D eigenvalue weighted by atomic mass is 14.0. The fraction of sp³-hybridized carbons (Fsp3) is 0.467. The maximum absolute atomic E-state index is 2.34. The third-order valence-electron chi connectivity index (χ3n) is 3.09. The van der Waals surface area contributed by atoms with Gasteiger partial charge in [0, 0.05) is 0 Å². The zero-order valence-corrected chi connectivity index (χ0v) is 10.6. The predicted octanol–water partition coefficient (Wildman–Crippen LogP) is 4.91. The first kappa shape index (κ1) is 13.1. The van der Waals surface area contributed by atoms with E-state index in [-0.39, 0.29) is 0 Å². The first-order valence-corrected chi connectivity index (χ1v) is 6.56. The molecule has 0 aliphatic heterocycles. The van der Waals surface area contributed by atoms with E-state index in [0.29, 0.717) is 5.82 Å². The zero-order valence-electron chi connectivity index (χ0n) is 10.6. The van der Waals surface area contributed by atoms with Crippen molar-refractivity contribution in [2.45, 2.75) is 45.1 Å². The summed E-state index contributed by atoms with van der Waals surface area (Å²) in [4.78, 5) is 0. The smallest absolute Gasteiger partial charge is 0.0849 e. The summed E-state index contributed by atoms with van der Waals surface area (Å²) in [6, 6.07) is 0. The highest BCUT2D eigenvalue weighted by molar-refractivity contribution is 6.61. The van der Waals surface area contributed by atoms with Gasteiger partial charge in [0.25, 0.3) is 0 Å². The highest BCUT2D eigenvalue weighted by Crippen LogP contribution is 2.24. The van der Waals surface area contributed by atoms with Crippen LogP contribution in [0.1, 0.15) is 26.7 Å². The summed E-state index contributed by atoms with van der Waals surface area (Å²) in [6.07, 6.45) is 22.7. The zero-order chi connectivity index (χ0) is 11.6. The summed E-state index contributed by atoms with van der Waals surface area (Å²) < 4.78 is 0. The number of allylic oxidation sites excluding steroid dienone is 8. The molecular formula is C15H23B. The molecule has 0 atom stereocenters. The molecule has 0 heterocycles. The molecule has 0 spiro atoms. The molecule has 1 aliphatic carbocycles. The number of hydrogen-bond acceptors (Lipinski definition) is 0. The van der Waals surface area contributed by atoms with Crippen LogP contribution in [0.15, 0.2) is 48.6 Å². The van der Waals surface area contributed by atoms with E-state index in [9.17, 15) is 0 Å². The average molecular weight is 214 g/mol. The second-order valence-electron chi connectivity index (χ2n) is 4.45. The first-order valence-electron chi connectivity index (χ1n) is 6.56. The summed E-state index contributed by atoms with van der Waals surface area (Å²) in [6.45, 7) is 5.37. The van der Waals surface area contributed by atoms with Crippen LogP contribution in [0, 0.1) is 0 Å². The van der Waals surface area contributed by atoms with Crippen molar-refractivity contribution in [2.24, 2.45) is 0 Å². The Morgan fingerprint density at radius 2 is 1.19 bits per heavy atom. The van der Waals surface area contributed by atoms with E-state index in [4.69, 9.17) is 0 Å². The third-order valence-corrected chi connectivity index (χ3v) is 3.09. The Balaban J connectivity index is 2.71. The highest BCUT2D eigenvalue weighted by Gasteiger charge is 2.18. The Morgan fingerprint density at radius 3 is 1.62 bits per heavy atom. The van der Waals surface area contributed by atoms with Crippen LogP contribution in [-0.2, 0) is 0 Å². The molecule has 0 nitrogen and oxygen atoms in total. The van der Waals surface area contributed by atoms with Crippen molar-refractivity contribution in [2.75, 3.05) is 0 Å². The third kappa shape index (κ3) is 4.70. The van der Waals surface area contributed by atoms with Crippen molar-refractivity contribution in [1.29, 1.82) is 0 Å². The fourth-order valence-electron chi connectivity index (χ4n) is 2.29. The van der Waals surface area contributed by atoms with Gasteiger partial charge in [0.2, 0.25) is 0 Å². The molecular weight excluding hydrogens is 191 g/mol. The average Bonchev–Trinajstić information content (AvgIpc) is 2.42. The van der Waals surface area contributed by atoms with Gasteiger partial charge in [0.15, 0.2) is 6.71 Å². The van der Waals surface area contributed by atoms with E-state index in [1.165, 1.54) is 25.5 Å². The molecule has 0 radical (unpaired) electrons. The summed E-state index contributed by atoms with van der Waals surface area (Å²) in [5.74, 6) is 0.604. The van der Waals surface area contributed by atoms with Crippen LogP contribution in [0.3, 0.4) is 0 Å². The van der Waals surface area contributed by atoms with Gasteiger partial charge in [-0.25, -0.2) is 0 Å². The van der Waals surface area contributed by atoms with Crippen molar-refractivity contribution in [1.82, 2.24) is 0 Å². The molecule has 1 aliphatic rings. The van der Waals surface area contributed by atoms with Crippen molar-refractivity contribution in [3.05, 3.63) is 48.6 Å². The van der Waals surface area contributed by atoms with E-state index in [2.05, 4.69) is 62.5 Å². The second kappa shape index (κ2) is 8.21.